The van der Waals surface area contributed by atoms with Gasteiger partial charge in [0.2, 0.25) is 5.91 Å². The van der Waals surface area contributed by atoms with Gasteiger partial charge in [0.05, 0.1) is 0 Å². The second-order valence-electron chi connectivity index (χ2n) is 5.23. The molecule has 1 heterocycles. The van der Waals surface area contributed by atoms with Crippen molar-refractivity contribution >= 4 is 29.7 Å². The van der Waals surface area contributed by atoms with Gasteiger partial charge in [0, 0.05) is 23.3 Å². The zero-order chi connectivity index (χ0) is 13.0. The van der Waals surface area contributed by atoms with Crippen LogP contribution in [0.2, 0.25) is 0 Å². The first-order valence-corrected chi connectivity index (χ1v) is 7.61. The van der Waals surface area contributed by atoms with Crippen molar-refractivity contribution in [3.8, 4) is 0 Å². The van der Waals surface area contributed by atoms with Crippen molar-refractivity contribution in [3.05, 3.63) is 22.4 Å². The van der Waals surface area contributed by atoms with Crippen molar-refractivity contribution in [1.82, 2.24) is 5.32 Å². The molecule has 3 N–H and O–H groups in total. The lowest BCUT2D eigenvalue weighted by molar-refractivity contribution is -0.126. The fourth-order valence-electron chi connectivity index (χ4n) is 2.80. The maximum absolute atomic E-state index is 12.2. The molecule has 108 valence electrons. The Morgan fingerprint density at radius 2 is 2.37 bits per heavy atom. The molecule has 0 spiro atoms. The molecule has 0 saturated heterocycles. The average Bonchev–Trinajstić information content (AvgIpc) is 2.97. The lowest BCUT2D eigenvalue weighted by Crippen LogP contribution is -2.40. The molecule has 1 saturated carbocycles. The fourth-order valence-corrected chi connectivity index (χ4v) is 3.63. The minimum Gasteiger partial charge on any atom is -0.353 e. The number of amides is 1. The van der Waals surface area contributed by atoms with Crippen molar-refractivity contribution in [2.75, 3.05) is 6.54 Å². The molecule has 3 atom stereocenters. The quantitative estimate of drug-likeness (QED) is 0.878. The van der Waals surface area contributed by atoms with Crippen molar-refractivity contribution in [2.24, 2.45) is 17.6 Å². The summed E-state index contributed by atoms with van der Waals surface area (Å²) in [6.07, 6.45) is 4.16. The molecule has 19 heavy (non-hydrogen) atoms. The molecule has 1 aliphatic rings. The molecule has 1 aromatic rings. The van der Waals surface area contributed by atoms with Gasteiger partial charge in [0.25, 0.3) is 0 Å². The Bertz CT molecular complexity index is 383. The van der Waals surface area contributed by atoms with E-state index in [1.165, 1.54) is 4.88 Å². The molecule has 5 heteroatoms. The van der Waals surface area contributed by atoms with Gasteiger partial charge in [-0.1, -0.05) is 12.5 Å². The van der Waals surface area contributed by atoms with Gasteiger partial charge in [-0.15, -0.1) is 23.7 Å². The van der Waals surface area contributed by atoms with Crippen molar-refractivity contribution < 1.29 is 4.79 Å². The Hall–Kier alpha value is -0.580. The summed E-state index contributed by atoms with van der Waals surface area (Å²) in [7, 11) is 0. The molecular weight excluding hydrogens is 280 g/mol. The molecule has 2 rings (SSSR count). The molecule has 0 aliphatic heterocycles. The van der Waals surface area contributed by atoms with E-state index in [0.29, 0.717) is 12.5 Å². The highest BCUT2D eigenvalue weighted by Crippen LogP contribution is 2.31. The summed E-state index contributed by atoms with van der Waals surface area (Å²) in [5.74, 6) is 0.728. The van der Waals surface area contributed by atoms with E-state index < -0.39 is 0 Å². The Morgan fingerprint density at radius 3 is 3.00 bits per heavy atom. The van der Waals surface area contributed by atoms with Gasteiger partial charge >= 0.3 is 0 Å². The van der Waals surface area contributed by atoms with Gasteiger partial charge in [0.1, 0.15) is 0 Å². The van der Waals surface area contributed by atoms with E-state index in [2.05, 4.69) is 29.8 Å². The molecular formula is C14H23ClN2OS. The second-order valence-corrected chi connectivity index (χ2v) is 6.26. The highest BCUT2D eigenvalue weighted by molar-refractivity contribution is 7.09. The third-order valence-electron chi connectivity index (χ3n) is 3.77. The third-order valence-corrected chi connectivity index (χ3v) is 4.67. The van der Waals surface area contributed by atoms with Crippen LogP contribution in [-0.2, 0) is 11.2 Å². The van der Waals surface area contributed by atoms with Crippen LogP contribution in [0.15, 0.2) is 17.5 Å². The monoisotopic (exact) mass is 302 g/mol. The van der Waals surface area contributed by atoms with Crippen molar-refractivity contribution in [2.45, 2.75) is 38.6 Å². The topological polar surface area (TPSA) is 55.1 Å². The Labute approximate surface area is 125 Å². The molecule has 1 amide bonds. The summed E-state index contributed by atoms with van der Waals surface area (Å²) in [6, 6.07) is 4.37. The van der Waals surface area contributed by atoms with Crippen molar-refractivity contribution in [3.63, 3.8) is 0 Å². The molecule has 1 unspecified atom stereocenters. The number of thiophene rings is 1. The van der Waals surface area contributed by atoms with Crippen LogP contribution in [0, 0.1) is 11.8 Å². The number of rotatable bonds is 5. The zero-order valence-electron chi connectivity index (χ0n) is 11.3. The van der Waals surface area contributed by atoms with E-state index in [0.717, 1.165) is 25.7 Å². The maximum atomic E-state index is 12.2. The summed E-state index contributed by atoms with van der Waals surface area (Å²) in [5, 5.41) is 5.21. The second kappa shape index (κ2) is 7.88. The largest absolute Gasteiger partial charge is 0.353 e. The highest BCUT2D eigenvalue weighted by atomic mass is 35.5. The summed E-state index contributed by atoms with van der Waals surface area (Å²) in [4.78, 5) is 13.5. The number of carbonyl (C=O) groups is 1. The Morgan fingerprint density at radius 1 is 1.58 bits per heavy atom. The predicted molar refractivity (Wildman–Crippen MR) is 82.8 cm³/mol. The van der Waals surface area contributed by atoms with E-state index in [1.807, 2.05) is 0 Å². The first kappa shape index (κ1) is 16.5. The first-order chi connectivity index (χ1) is 8.70. The van der Waals surface area contributed by atoms with Gasteiger partial charge < -0.3 is 11.1 Å². The number of nitrogens with two attached hydrogens (primary N) is 1. The zero-order valence-corrected chi connectivity index (χ0v) is 12.9. The number of halogens is 1. The van der Waals surface area contributed by atoms with Crippen LogP contribution < -0.4 is 11.1 Å². The normalized spacial score (nSPS) is 23.7. The summed E-state index contributed by atoms with van der Waals surface area (Å²) in [5.41, 5.74) is 5.72. The van der Waals surface area contributed by atoms with Crippen molar-refractivity contribution in [1.29, 1.82) is 0 Å². The summed E-state index contributed by atoms with van der Waals surface area (Å²) in [6.45, 7) is 2.71. The van der Waals surface area contributed by atoms with Crippen LogP contribution in [0.5, 0.6) is 0 Å². The SMILES string of the molecule is CC(Cc1cccs1)NC(=O)[C@@H]1CCC[C@@H]1CN.Cl. The molecule has 1 aromatic heterocycles. The first-order valence-electron chi connectivity index (χ1n) is 6.73. The van der Waals surface area contributed by atoms with Crippen LogP contribution in [0.1, 0.15) is 31.1 Å². The molecule has 1 fully saturated rings. The van der Waals surface area contributed by atoms with Gasteiger partial charge in [-0.2, -0.15) is 0 Å². The number of carbonyl (C=O) groups excluding carboxylic acids is 1. The molecule has 0 aromatic carbocycles. The summed E-state index contributed by atoms with van der Waals surface area (Å²) >= 11 is 1.74. The third kappa shape index (κ3) is 4.48. The van der Waals surface area contributed by atoms with E-state index >= 15 is 0 Å². The minimum absolute atomic E-state index is 0. The van der Waals surface area contributed by atoms with Crippen LogP contribution >= 0.6 is 23.7 Å². The van der Waals surface area contributed by atoms with E-state index in [1.54, 1.807) is 11.3 Å². The minimum atomic E-state index is 0. The lowest BCUT2D eigenvalue weighted by Gasteiger charge is -2.20. The van der Waals surface area contributed by atoms with Gasteiger partial charge in [0.15, 0.2) is 0 Å². The van der Waals surface area contributed by atoms with Gasteiger partial charge in [-0.25, -0.2) is 0 Å². The van der Waals surface area contributed by atoms with E-state index in [-0.39, 0.29) is 30.3 Å². The maximum Gasteiger partial charge on any atom is 0.223 e. The van der Waals surface area contributed by atoms with Gasteiger partial charge in [-0.3, -0.25) is 4.79 Å². The number of hydrogen-bond donors (Lipinski definition) is 2. The smallest absolute Gasteiger partial charge is 0.223 e. The average molecular weight is 303 g/mol. The fraction of sp³-hybridized carbons (Fsp3) is 0.643. The predicted octanol–water partition coefficient (Wildman–Crippen LogP) is 2.59. The van der Waals surface area contributed by atoms with Crippen LogP contribution in [0.4, 0.5) is 0 Å². The standard InChI is InChI=1S/C14H22N2OS.ClH/c1-10(8-12-5-3-7-18-12)16-14(17)13-6-2-4-11(13)9-15;/h3,5,7,10-11,13H,2,4,6,8-9,15H2,1H3,(H,16,17);1H/t10?,11-,13-;/m1./s1. The Kier molecular flexibility index (Phi) is 6.83. The molecule has 1 aliphatic carbocycles. The van der Waals surface area contributed by atoms with Crippen LogP contribution in [0.25, 0.3) is 0 Å². The molecule has 0 bridgehead atoms. The molecule has 3 nitrogen and oxygen atoms in total. The van der Waals surface area contributed by atoms with Gasteiger partial charge in [-0.05, 0) is 43.7 Å². The lowest BCUT2D eigenvalue weighted by atomic mass is 9.95. The Balaban J connectivity index is 0.00000180. The highest BCUT2D eigenvalue weighted by Gasteiger charge is 2.32. The van der Waals surface area contributed by atoms with E-state index in [4.69, 9.17) is 5.73 Å². The number of hydrogen-bond acceptors (Lipinski definition) is 3. The number of nitrogens with one attached hydrogen (secondary N) is 1. The van der Waals surface area contributed by atoms with Crippen LogP contribution in [-0.4, -0.2) is 18.5 Å². The van der Waals surface area contributed by atoms with E-state index in [9.17, 15) is 4.79 Å². The van der Waals surface area contributed by atoms with Crippen LogP contribution in [0.3, 0.4) is 0 Å². The molecule has 0 radical (unpaired) electrons. The summed E-state index contributed by atoms with van der Waals surface area (Å²) < 4.78 is 0.